The van der Waals surface area contributed by atoms with Gasteiger partial charge in [0.1, 0.15) is 17.5 Å². The van der Waals surface area contributed by atoms with Gasteiger partial charge in [0.25, 0.3) is 5.91 Å². The first-order valence-electron chi connectivity index (χ1n) is 8.34. The molecule has 2 amide bonds. The fourth-order valence-electron chi connectivity index (χ4n) is 2.42. The maximum Gasteiger partial charge on any atom is 0.251 e. The molecule has 0 fully saturated rings. The normalized spacial score (nSPS) is 11.6. The predicted octanol–water partition coefficient (Wildman–Crippen LogP) is 3.10. The van der Waals surface area contributed by atoms with Gasteiger partial charge in [0.15, 0.2) is 0 Å². The number of hydrogen-bond acceptors (Lipinski definition) is 4. The van der Waals surface area contributed by atoms with E-state index in [9.17, 15) is 9.59 Å². The summed E-state index contributed by atoms with van der Waals surface area (Å²) in [5.41, 5.74) is 1.07. The van der Waals surface area contributed by atoms with Gasteiger partial charge in [-0.15, -0.1) is 0 Å². The number of anilines is 1. The Bertz CT molecular complexity index is 757. The largest absolute Gasteiger partial charge is 0.497 e. The summed E-state index contributed by atoms with van der Waals surface area (Å²) in [6, 6.07) is 13.1. The Morgan fingerprint density at radius 2 is 1.58 bits per heavy atom. The lowest BCUT2D eigenvalue weighted by atomic mass is 10.0. The number of rotatable bonds is 7. The molecule has 6 heteroatoms. The van der Waals surface area contributed by atoms with Gasteiger partial charge in [-0.2, -0.15) is 0 Å². The third-order valence-corrected chi connectivity index (χ3v) is 3.93. The van der Waals surface area contributed by atoms with E-state index in [0.717, 1.165) is 0 Å². The topological polar surface area (TPSA) is 76.7 Å². The average molecular weight is 356 g/mol. The molecule has 0 radical (unpaired) electrons. The number of hydrogen-bond donors (Lipinski definition) is 2. The first kappa shape index (κ1) is 19.3. The van der Waals surface area contributed by atoms with Crippen LogP contribution in [0.3, 0.4) is 0 Å². The summed E-state index contributed by atoms with van der Waals surface area (Å²) in [6.45, 7) is 3.76. The van der Waals surface area contributed by atoms with E-state index in [0.29, 0.717) is 22.7 Å². The number of methoxy groups -OCH3 is 2. The van der Waals surface area contributed by atoms with Gasteiger partial charge in [0.05, 0.1) is 14.2 Å². The first-order chi connectivity index (χ1) is 12.4. The molecule has 6 nitrogen and oxygen atoms in total. The van der Waals surface area contributed by atoms with Gasteiger partial charge in [-0.25, -0.2) is 0 Å². The van der Waals surface area contributed by atoms with Gasteiger partial charge in [0.2, 0.25) is 5.91 Å². The van der Waals surface area contributed by atoms with Gasteiger partial charge in [-0.1, -0.05) is 19.9 Å². The Morgan fingerprint density at radius 1 is 0.923 bits per heavy atom. The number of benzene rings is 2. The molecule has 26 heavy (non-hydrogen) atoms. The van der Waals surface area contributed by atoms with Crippen LogP contribution in [0.2, 0.25) is 0 Å². The van der Waals surface area contributed by atoms with E-state index in [1.807, 2.05) is 13.8 Å². The highest BCUT2D eigenvalue weighted by molar-refractivity contribution is 6.01. The van der Waals surface area contributed by atoms with Crippen molar-refractivity contribution in [3.05, 3.63) is 54.1 Å². The van der Waals surface area contributed by atoms with Gasteiger partial charge >= 0.3 is 0 Å². The smallest absolute Gasteiger partial charge is 0.251 e. The van der Waals surface area contributed by atoms with Crippen LogP contribution in [0.15, 0.2) is 48.5 Å². The molecule has 0 aliphatic rings. The highest BCUT2D eigenvalue weighted by Crippen LogP contribution is 2.18. The van der Waals surface area contributed by atoms with Gasteiger partial charge in [-0.05, 0) is 42.3 Å². The molecular formula is C20H24N2O4. The Kier molecular flexibility index (Phi) is 6.60. The van der Waals surface area contributed by atoms with Crippen molar-refractivity contribution in [2.45, 2.75) is 19.9 Å². The summed E-state index contributed by atoms with van der Waals surface area (Å²) in [7, 11) is 3.12. The van der Waals surface area contributed by atoms with E-state index in [2.05, 4.69) is 10.6 Å². The Hall–Kier alpha value is -3.02. The summed E-state index contributed by atoms with van der Waals surface area (Å²) in [4.78, 5) is 25.1. The summed E-state index contributed by atoms with van der Waals surface area (Å²) < 4.78 is 10.2. The molecule has 0 aliphatic heterocycles. The molecule has 0 aliphatic carbocycles. The molecule has 0 spiro atoms. The Labute approximate surface area is 153 Å². The zero-order valence-corrected chi connectivity index (χ0v) is 15.4. The summed E-state index contributed by atoms with van der Waals surface area (Å²) in [5, 5.41) is 5.62. The molecule has 0 aromatic heterocycles. The molecule has 2 aromatic carbocycles. The average Bonchev–Trinajstić information content (AvgIpc) is 2.65. The number of carbonyl (C=O) groups is 2. The number of amides is 2. The lowest BCUT2D eigenvalue weighted by Gasteiger charge is -2.22. The predicted molar refractivity (Wildman–Crippen MR) is 101 cm³/mol. The minimum atomic E-state index is -0.671. The van der Waals surface area contributed by atoms with Crippen LogP contribution in [-0.2, 0) is 4.79 Å². The van der Waals surface area contributed by atoms with Crippen molar-refractivity contribution in [3.8, 4) is 11.5 Å². The Morgan fingerprint density at radius 3 is 2.15 bits per heavy atom. The van der Waals surface area contributed by atoms with Crippen LogP contribution in [-0.4, -0.2) is 32.1 Å². The highest BCUT2D eigenvalue weighted by Gasteiger charge is 2.25. The van der Waals surface area contributed by atoms with Crippen molar-refractivity contribution >= 4 is 17.5 Å². The quantitative estimate of drug-likeness (QED) is 0.799. The van der Waals surface area contributed by atoms with Crippen LogP contribution in [0.4, 0.5) is 5.69 Å². The van der Waals surface area contributed by atoms with Crippen molar-refractivity contribution in [2.75, 3.05) is 19.5 Å². The van der Waals surface area contributed by atoms with Crippen LogP contribution in [0.5, 0.6) is 11.5 Å². The van der Waals surface area contributed by atoms with Crippen molar-refractivity contribution in [1.29, 1.82) is 0 Å². The van der Waals surface area contributed by atoms with Crippen molar-refractivity contribution in [2.24, 2.45) is 5.92 Å². The molecular weight excluding hydrogens is 332 g/mol. The summed E-state index contributed by atoms with van der Waals surface area (Å²) in [5.74, 6) is 0.633. The van der Waals surface area contributed by atoms with Gasteiger partial charge in [0, 0.05) is 17.3 Å². The summed E-state index contributed by atoms with van der Waals surface area (Å²) >= 11 is 0. The second-order valence-corrected chi connectivity index (χ2v) is 6.14. The summed E-state index contributed by atoms with van der Waals surface area (Å²) in [6.07, 6.45) is 0. The van der Waals surface area contributed by atoms with E-state index >= 15 is 0 Å². The van der Waals surface area contributed by atoms with Crippen LogP contribution in [0.1, 0.15) is 24.2 Å². The Balaban J connectivity index is 2.08. The minimum absolute atomic E-state index is 0.0807. The molecule has 0 saturated carbocycles. The fraction of sp³-hybridized carbons (Fsp3) is 0.300. The number of carbonyl (C=O) groups excluding carboxylic acids is 2. The molecule has 0 saturated heterocycles. The fourth-order valence-corrected chi connectivity index (χ4v) is 2.42. The van der Waals surface area contributed by atoms with E-state index in [-0.39, 0.29) is 17.7 Å². The van der Waals surface area contributed by atoms with Crippen LogP contribution in [0.25, 0.3) is 0 Å². The van der Waals surface area contributed by atoms with Crippen molar-refractivity contribution in [1.82, 2.24) is 5.32 Å². The number of ether oxygens (including phenoxy) is 2. The lowest BCUT2D eigenvalue weighted by molar-refractivity contribution is -0.118. The zero-order chi connectivity index (χ0) is 19.1. The van der Waals surface area contributed by atoms with Gasteiger partial charge in [-0.3, -0.25) is 9.59 Å². The molecule has 138 valence electrons. The van der Waals surface area contributed by atoms with Crippen LogP contribution < -0.4 is 20.1 Å². The van der Waals surface area contributed by atoms with E-state index in [1.165, 1.54) is 0 Å². The second kappa shape index (κ2) is 8.89. The van der Waals surface area contributed by atoms with Crippen LogP contribution in [0, 0.1) is 5.92 Å². The van der Waals surface area contributed by atoms with Gasteiger partial charge < -0.3 is 20.1 Å². The van der Waals surface area contributed by atoms with E-state index < -0.39 is 6.04 Å². The molecule has 1 atom stereocenters. The van der Waals surface area contributed by atoms with Crippen LogP contribution >= 0.6 is 0 Å². The zero-order valence-electron chi connectivity index (χ0n) is 15.4. The molecule has 0 bridgehead atoms. The monoisotopic (exact) mass is 356 g/mol. The molecule has 2 N–H and O–H groups in total. The third-order valence-electron chi connectivity index (χ3n) is 3.93. The van der Waals surface area contributed by atoms with E-state index in [4.69, 9.17) is 9.47 Å². The van der Waals surface area contributed by atoms with E-state index in [1.54, 1.807) is 62.8 Å². The minimum Gasteiger partial charge on any atom is -0.497 e. The maximum absolute atomic E-state index is 12.6. The standard InChI is InChI=1S/C20H24N2O4/c1-13(2)18(20(24)21-15-6-5-7-17(12-15)26-4)22-19(23)14-8-10-16(25-3)11-9-14/h5-13,18H,1-4H3,(H,21,24)(H,22,23). The second-order valence-electron chi connectivity index (χ2n) is 6.14. The third kappa shape index (κ3) is 4.99. The highest BCUT2D eigenvalue weighted by atomic mass is 16.5. The first-order valence-corrected chi connectivity index (χ1v) is 8.34. The molecule has 2 rings (SSSR count). The number of nitrogens with one attached hydrogen (secondary N) is 2. The maximum atomic E-state index is 12.6. The van der Waals surface area contributed by atoms with Crippen molar-refractivity contribution in [3.63, 3.8) is 0 Å². The van der Waals surface area contributed by atoms with Crippen molar-refractivity contribution < 1.29 is 19.1 Å². The lowest BCUT2D eigenvalue weighted by Crippen LogP contribution is -2.47. The molecule has 2 aromatic rings. The SMILES string of the molecule is COc1ccc(C(=O)NC(C(=O)Nc2cccc(OC)c2)C(C)C)cc1. The molecule has 0 heterocycles. The molecule has 1 unspecified atom stereocenters.